The summed E-state index contributed by atoms with van der Waals surface area (Å²) in [6.45, 7) is 3.54. The molecule has 4 heteroatoms. The Morgan fingerprint density at radius 2 is 2.04 bits per heavy atom. The van der Waals surface area contributed by atoms with E-state index in [9.17, 15) is 4.79 Å². The fourth-order valence-electron chi connectivity index (χ4n) is 3.56. The van der Waals surface area contributed by atoms with Gasteiger partial charge in [-0.25, -0.2) is 0 Å². The van der Waals surface area contributed by atoms with Crippen molar-refractivity contribution in [3.05, 3.63) is 51.7 Å². The summed E-state index contributed by atoms with van der Waals surface area (Å²) in [6.07, 6.45) is 3.68. The van der Waals surface area contributed by atoms with Crippen LogP contribution in [0.4, 0.5) is 5.69 Å². The zero-order chi connectivity index (χ0) is 15.8. The maximum absolute atomic E-state index is 12.5. The minimum absolute atomic E-state index is 0.0955. The van der Waals surface area contributed by atoms with E-state index in [1.54, 1.807) is 0 Å². The van der Waals surface area contributed by atoms with E-state index in [-0.39, 0.29) is 5.91 Å². The van der Waals surface area contributed by atoms with E-state index < -0.39 is 0 Å². The largest absolute Gasteiger partial charge is 0.325 e. The van der Waals surface area contributed by atoms with Gasteiger partial charge in [-0.1, -0.05) is 17.7 Å². The Labute approximate surface area is 141 Å². The summed E-state index contributed by atoms with van der Waals surface area (Å²) >= 11 is 1.87. The first kappa shape index (κ1) is 14.9. The molecule has 0 radical (unpaired) electrons. The monoisotopic (exact) mass is 326 g/mol. The Balaban J connectivity index is 1.45. The van der Waals surface area contributed by atoms with Crippen molar-refractivity contribution in [1.29, 1.82) is 0 Å². The van der Waals surface area contributed by atoms with E-state index in [0.29, 0.717) is 12.6 Å². The van der Waals surface area contributed by atoms with Crippen molar-refractivity contribution in [1.82, 2.24) is 4.90 Å². The Kier molecular flexibility index (Phi) is 3.95. The molecule has 1 fully saturated rings. The highest BCUT2D eigenvalue weighted by Gasteiger charge is 2.40. The van der Waals surface area contributed by atoms with Gasteiger partial charge in [0.25, 0.3) is 0 Å². The summed E-state index contributed by atoms with van der Waals surface area (Å²) in [6, 6.07) is 10.7. The van der Waals surface area contributed by atoms with E-state index in [1.165, 1.54) is 28.8 Å². The third kappa shape index (κ3) is 3.19. The van der Waals surface area contributed by atoms with Gasteiger partial charge in [0.1, 0.15) is 0 Å². The second kappa shape index (κ2) is 6.10. The van der Waals surface area contributed by atoms with E-state index in [1.807, 2.05) is 35.6 Å². The van der Waals surface area contributed by atoms with Gasteiger partial charge in [0.2, 0.25) is 5.91 Å². The molecule has 23 heavy (non-hydrogen) atoms. The lowest BCUT2D eigenvalue weighted by atomic mass is 9.96. The van der Waals surface area contributed by atoms with Crippen LogP contribution in [-0.4, -0.2) is 23.9 Å². The number of amides is 1. The van der Waals surface area contributed by atoms with Crippen LogP contribution >= 0.6 is 11.3 Å². The summed E-state index contributed by atoms with van der Waals surface area (Å²) in [4.78, 5) is 16.4. The lowest BCUT2D eigenvalue weighted by Crippen LogP contribution is -2.41. The molecule has 2 aromatic rings. The van der Waals surface area contributed by atoms with Crippen molar-refractivity contribution in [2.24, 2.45) is 5.92 Å². The van der Waals surface area contributed by atoms with Gasteiger partial charge in [-0.2, -0.15) is 0 Å². The molecule has 1 aromatic carbocycles. The predicted molar refractivity (Wildman–Crippen MR) is 94.9 cm³/mol. The molecular weight excluding hydrogens is 304 g/mol. The van der Waals surface area contributed by atoms with Gasteiger partial charge in [0.05, 0.1) is 6.54 Å². The van der Waals surface area contributed by atoms with E-state index in [2.05, 4.69) is 28.6 Å². The van der Waals surface area contributed by atoms with Gasteiger partial charge < -0.3 is 5.32 Å². The lowest BCUT2D eigenvalue weighted by Gasteiger charge is -2.35. The Bertz CT molecular complexity index is 702. The van der Waals surface area contributed by atoms with Crippen LogP contribution in [0.25, 0.3) is 0 Å². The molecule has 1 saturated carbocycles. The number of nitrogens with zero attached hydrogens (tertiary/aromatic N) is 1. The van der Waals surface area contributed by atoms with Crippen LogP contribution in [-0.2, 0) is 11.2 Å². The SMILES string of the molecule is Cc1ccc(NC(=O)CN2CCc3sccc3[C@@H]2C2CC2)cc1. The molecule has 1 amide bonds. The van der Waals surface area contributed by atoms with Crippen LogP contribution in [0.15, 0.2) is 35.7 Å². The van der Waals surface area contributed by atoms with Crippen LogP contribution in [0.5, 0.6) is 0 Å². The number of rotatable bonds is 4. The maximum Gasteiger partial charge on any atom is 0.238 e. The first-order valence-electron chi connectivity index (χ1n) is 8.37. The number of carbonyl (C=O) groups is 1. The molecule has 3 nitrogen and oxygen atoms in total. The van der Waals surface area contributed by atoms with Gasteiger partial charge in [0, 0.05) is 23.2 Å². The predicted octanol–water partition coefficient (Wildman–Crippen LogP) is 4.00. The molecule has 4 rings (SSSR count). The summed E-state index contributed by atoms with van der Waals surface area (Å²) in [5.41, 5.74) is 3.57. The summed E-state index contributed by atoms with van der Waals surface area (Å²) in [7, 11) is 0. The third-order valence-corrected chi connectivity index (χ3v) is 5.87. The van der Waals surface area contributed by atoms with Gasteiger partial charge >= 0.3 is 0 Å². The number of thiophene rings is 1. The maximum atomic E-state index is 12.5. The van der Waals surface area contributed by atoms with Crippen molar-refractivity contribution in [3.63, 3.8) is 0 Å². The van der Waals surface area contributed by atoms with Crippen LogP contribution in [0.1, 0.15) is 34.9 Å². The number of benzene rings is 1. The average molecular weight is 326 g/mol. The fraction of sp³-hybridized carbons (Fsp3) is 0.421. The Morgan fingerprint density at radius 1 is 1.26 bits per heavy atom. The minimum atomic E-state index is 0.0955. The summed E-state index contributed by atoms with van der Waals surface area (Å²) in [5.74, 6) is 0.842. The number of aryl methyl sites for hydroxylation is 1. The highest BCUT2D eigenvalue weighted by Crippen LogP contribution is 2.48. The second-order valence-corrected chi connectivity index (χ2v) is 7.72. The standard InChI is InChI=1S/C19H22N2OS/c1-13-2-6-15(7-3-13)20-18(22)12-21-10-8-17-16(9-11-23-17)19(21)14-4-5-14/h2-3,6-7,9,11,14,19H,4-5,8,10,12H2,1H3,(H,20,22)/t19-/m0/s1. The average Bonchev–Trinajstić information content (AvgIpc) is 3.26. The first-order valence-corrected chi connectivity index (χ1v) is 9.25. The number of hydrogen-bond acceptors (Lipinski definition) is 3. The highest BCUT2D eigenvalue weighted by atomic mass is 32.1. The van der Waals surface area contributed by atoms with Crippen molar-refractivity contribution in [2.75, 3.05) is 18.4 Å². The van der Waals surface area contributed by atoms with Gasteiger partial charge in [0.15, 0.2) is 0 Å². The molecule has 1 aromatic heterocycles. The van der Waals surface area contributed by atoms with Crippen LogP contribution < -0.4 is 5.32 Å². The van der Waals surface area contributed by atoms with E-state index in [0.717, 1.165) is 24.6 Å². The highest BCUT2D eigenvalue weighted by molar-refractivity contribution is 7.10. The molecule has 2 heterocycles. The number of fused-ring (bicyclic) bond motifs is 1. The van der Waals surface area contributed by atoms with Crippen molar-refractivity contribution < 1.29 is 4.79 Å². The van der Waals surface area contributed by atoms with E-state index in [4.69, 9.17) is 0 Å². The van der Waals surface area contributed by atoms with Gasteiger partial charge in [-0.05, 0) is 61.2 Å². The molecule has 1 aliphatic carbocycles. The molecule has 1 aliphatic heterocycles. The summed E-state index contributed by atoms with van der Waals surface area (Å²) < 4.78 is 0. The lowest BCUT2D eigenvalue weighted by molar-refractivity contribution is -0.118. The molecule has 0 spiro atoms. The molecule has 0 unspecified atom stereocenters. The normalized spacial score (nSPS) is 21.0. The minimum Gasteiger partial charge on any atom is -0.325 e. The zero-order valence-electron chi connectivity index (χ0n) is 13.4. The van der Waals surface area contributed by atoms with Gasteiger partial charge in [-0.15, -0.1) is 11.3 Å². The number of hydrogen-bond donors (Lipinski definition) is 1. The van der Waals surface area contributed by atoms with Crippen LogP contribution in [0, 0.1) is 12.8 Å². The topological polar surface area (TPSA) is 32.3 Å². The molecule has 1 N–H and O–H groups in total. The van der Waals surface area contributed by atoms with Crippen molar-refractivity contribution in [3.8, 4) is 0 Å². The number of carbonyl (C=O) groups excluding carboxylic acids is 1. The molecular formula is C19H22N2OS. The first-order chi connectivity index (χ1) is 11.2. The van der Waals surface area contributed by atoms with Crippen LogP contribution in [0.3, 0.4) is 0 Å². The van der Waals surface area contributed by atoms with Crippen molar-refractivity contribution in [2.45, 2.75) is 32.2 Å². The smallest absolute Gasteiger partial charge is 0.238 e. The Hall–Kier alpha value is -1.65. The van der Waals surface area contributed by atoms with Crippen molar-refractivity contribution >= 4 is 22.9 Å². The van der Waals surface area contributed by atoms with E-state index >= 15 is 0 Å². The molecule has 1 atom stereocenters. The molecule has 120 valence electrons. The fourth-order valence-corrected chi connectivity index (χ4v) is 4.47. The Morgan fingerprint density at radius 3 is 2.78 bits per heavy atom. The number of anilines is 1. The quantitative estimate of drug-likeness (QED) is 0.921. The van der Waals surface area contributed by atoms with Gasteiger partial charge in [-0.3, -0.25) is 9.69 Å². The molecule has 0 bridgehead atoms. The third-order valence-electron chi connectivity index (χ3n) is 4.87. The molecule has 0 saturated heterocycles. The summed E-state index contributed by atoms with van der Waals surface area (Å²) in [5, 5.41) is 5.24. The zero-order valence-corrected chi connectivity index (χ0v) is 14.2. The number of nitrogens with one attached hydrogen (secondary N) is 1. The second-order valence-electron chi connectivity index (χ2n) is 6.72. The molecule has 2 aliphatic rings. The van der Waals surface area contributed by atoms with Crippen LogP contribution in [0.2, 0.25) is 0 Å².